The van der Waals surface area contributed by atoms with Crippen LogP contribution in [-0.2, 0) is 14.4 Å². The van der Waals surface area contributed by atoms with Crippen LogP contribution >= 0.6 is 11.8 Å². The number of aliphatic carboxylic acids is 1. The number of hydrogen-bond acceptors (Lipinski definition) is 5. The maximum atomic E-state index is 12.2. The van der Waals surface area contributed by atoms with Gasteiger partial charge in [0.1, 0.15) is 5.75 Å². The molecule has 0 aliphatic carbocycles. The van der Waals surface area contributed by atoms with Crippen molar-refractivity contribution in [1.29, 1.82) is 0 Å². The average Bonchev–Trinajstić information content (AvgIpc) is 2.73. The van der Waals surface area contributed by atoms with Crippen molar-refractivity contribution in [2.75, 3.05) is 23.0 Å². The number of nitrogens with one attached hydrogen (secondary N) is 2. The number of carbonyl (C=O) groups is 3. The summed E-state index contributed by atoms with van der Waals surface area (Å²) in [5, 5.41) is 14.1. The second-order valence-corrected chi connectivity index (χ2v) is 7.58. The van der Waals surface area contributed by atoms with E-state index in [1.54, 1.807) is 24.3 Å². The Bertz CT molecular complexity index is 838. The lowest BCUT2D eigenvalue weighted by Gasteiger charge is -2.08. The molecule has 2 aromatic rings. The van der Waals surface area contributed by atoms with E-state index >= 15 is 0 Å². The standard InChI is InChI=1S/C22H26N2O5S/c1-2-3-14-29-18-8-4-16(5-9-18)24-21(26)15-30-19-10-6-17(7-11-19)23-20(25)12-13-22(27)28/h4-11H,2-3,12-15H2,1H3,(H,23,25)(H,24,26)(H,27,28). The molecule has 30 heavy (non-hydrogen) atoms. The van der Waals surface area contributed by atoms with E-state index in [0.29, 0.717) is 18.0 Å². The zero-order chi connectivity index (χ0) is 21.8. The Labute approximate surface area is 180 Å². The van der Waals surface area contributed by atoms with Crippen LogP contribution in [0.3, 0.4) is 0 Å². The number of carbonyl (C=O) groups excluding carboxylic acids is 2. The van der Waals surface area contributed by atoms with Crippen LogP contribution in [0, 0.1) is 0 Å². The fourth-order valence-electron chi connectivity index (χ4n) is 2.39. The molecule has 7 nitrogen and oxygen atoms in total. The first-order chi connectivity index (χ1) is 14.5. The normalized spacial score (nSPS) is 10.3. The van der Waals surface area contributed by atoms with Crippen molar-refractivity contribution in [1.82, 2.24) is 0 Å². The van der Waals surface area contributed by atoms with Gasteiger partial charge in [-0.2, -0.15) is 0 Å². The van der Waals surface area contributed by atoms with Gasteiger partial charge in [0.2, 0.25) is 11.8 Å². The molecule has 0 bridgehead atoms. The first kappa shape index (κ1) is 23.3. The number of hydrogen-bond donors (Lipinski definition) is 3. The minimum Gasteiger partial charge on any atom is -0.494 e. The van der Waals surface area contributed by atoms with Gasteiger partial charge in [0.25, 0.3) is 0 Å². The zero-order valence-corrected chi connectivity index (χ0v) is 17.7. The van der Waals surface area contributed by atoms with E-state index in [2.05, 4.69) is 17.6 Å². The number of anilines is 2. The maximum absolute atomic E-state index is 12.2. The molecule has 0 saturated heterocycles. The molecule has 8 heteroatoms. The summed E-state index contributed by atoms with van der Waals surface area (Å²) in [5.41, 5.74) is 1.29. The summed E-state index contributed by atoms with van der Waals surface area (Å²) in [4.78, 5) is 35.2. The van der Waals surface area contributed by atoms with Gasteiger partial charge in [0, 0.05) is 22.7 Å². The van der Waals surface area contributed by atoms with Crippen LogP contribution in [0.25, 0.3) is 0 Å². The fraction of sp³-hybridized carbons (Fsp3) is 0.318. The van der Waals surface area contributed by atoms with Gasteiger partial charge in [-0.05, 0) is 55.0 Å². The number of thioether (sulfide) groups is 1. The molecule has 0 fully saturated rings. The molecule has 0 heterocycles. The molecule has 2 aromatic carbocycles. The summed E-state index contributed by atoms with van der Waals surface area (Å²) in [7, 11) is 0. The van der Waals surface area contributed by atoms with Crippen molar-refractivity contribution in [3.05, 3.63) is 48.5 Å². The number of rotatable bonds is 12. The summed E-state index contributed by atoms with van der Waals surface area (Å²) in [6.45, 7) is 2.79. The van der Waals surface area contributed by atoms with Gasteiger partial charge in [-0.15, -0.1) is 11.8 Å². The molecule has 0 radical (unpaired) electrons. The third-order valence-electron chi connectivity index (χ3n) is 3.98. The molecule has 2 amide bonds. The predicted molar refractivity (Wildman–Crippen MR) is 118 cm³/mol. The number of amides is 2. The lowest BCUT2D eigenvalue weighted by Crippen LogP contribution is -2.14. The molecule has 2 rings (SSSR count). The van der Waals surface area contributed by atoms with E-state index in [4.69, 9.17) is 9.84 Å². The Morgan fingerprint density at radius 3 is 2.10 bits per heavy atom. The van der Waals surface area contributed by atoms with Crippen molar-refractivity contribution < 1.29 is 24.2 Å². The summed E-state index contributed by atoms with van der Waals surface area (Å²) in [5.74, 6) is -0.443. The largest absolute Gasteiger partial charge is 0.494 e. The topological polar surface area (TPSA) is 105 Å². The SMILES string of the molecule is CCCCOc1ccc(NC(=O)CSc2ccc(NC(=O)CCC(=O)O)cc2)cc1. The van der Waals surface area contributed by atoms with Crippen LogP contribution in [0.1, 0.15) is 32.6 Å². The summed E-state index contributed by atoms with van der Waals surface area (Å²) in [6.07, 6.45) is 1.81. The zero-order valence-electron chi connectivity index (χ0n) is 16.8. The second kappa shape index (κ2) is 12.5. The molecule has 0 aromatic heterocycles. The number of benzene rings is 2. The molecule has 0 aliphatic heterocycles. The van der Waals surface area contributed by atoms with Crippen molar-refractivity contribution in [2.24, 2.45) is 0 Å². The smallest absolute Gasteiger partial charge is 0.303 e. The fourth-order valence-corrected chi connectivity index (χ4v) is 3.09. The molecule has 160 valence electrons. The highest BCUT2D eigenvalue weighted by Gasteiger charge is 2.07. The molecule has 0 aliphatic rings. The van der Waals surface area contributed by atoms with Gasteiger partial charge < -0.3 is 20.5 Å². The molecule has 0 unspecified atom stereocenters. The van der Waals surface area contributed by atoms with Crippen LogP contribution in [-0.4, -0.2) is 35.2 Å². The van der Waals surface area contributed by atoms with Gasteiger partial charge in [0.05, 0.1) is 18.8 Å². The van der Waals surface area contributed by atoms with Crippen LogP contribution < -0.4 is 15.4 Å². The number of carboxylic acid groups (broad SMARTS) is 1. The van der Waals surface area contributed by atoms with Crippen LogP contribution in [0.4, 0.5) is 11.4 Å². The van der Waals surface area contributed by atoms with Crippen molar-refractivity contribution in [3.8, 4) is 5.75 Å². The lowest BCUT2D eigenvalue weighted by atomic mass is 10.2. The Morgan fingerprint density at radius 2 is 1.50 bits per heavy atom. The third kappa shape index (κ3) is 9.00. The van der Waals surface area contributed by atoms with Gasteiger partial charge >= 0.3 is 5.97 Å². The first-order valence-corrected chi connectivity index (χ1v) is 10.7. The quantitative estimate of drug-likeness (QED) is 0.341. The summed E-state index contributed by atoms with van der Waals surface area (Å²) >= 11 is 1.38. The lowest BCUT2D eigenvalue weighted by molar-refractivity contribution is -0.138. The minimum atomic E-state index is -1.01. The second-order valence-electron chi connectivity index (χ2n) is 6.53. The van der Waals surface area contributed by atoms with E-state index in [1.807, 2.05) is 24.3 Å². The van der Waals surface area contributed by atoms with E-state index in [9.17, 15) is 14.4 Å². The van der Waals surface area contributed by atoms with Crippen LogP contribution in [0.5, 0.6) is 5.75 Å². The number of ether oxygens (including phenoxy) is 1. The Balaban J connectivity index is 1.73. The monoisotopic (exact) mass is 430 g/mol. The Kier molecular flexibility index (Phi) is 9.73. The van der Waals surface area contributed by atoms with Crippen molar-refractivity contribution in [2.45, 2.75) is 37.5 Å². The number of unbranched alkanes of at least 4 members (excludes halogenated alkanes) is 1. The van der Waals surface area contributed by atoms with Gasteiger partial charge in [0.15, 0.2) is 0 Å². The molecule has 3 N–H and O–H groups in total. The molecular formula is C22H26N2O5S. The van der Waals surface area contributed by atoms with Crippen LogP contribution in [0.15, 0.2) is 53.4 Å². The van der Waals surface area contributed by atoms with E-state index < -0.39 is 5.97 Å². The first-order valence-electron chi connectivity index (χ1n) is 9.73. The maximum Gasteiger partial charge on any atom is 0.303 e. The van der Waals surface area contributed by atoms with E-state index in [0.717, 1.165) is 23.5 Å². The Morgan fingerprint density at radius 1 is 0.900 bits per heavy atom. The van der Waals surface area contributed by atoms with Crippen molar-refractivity contribution in [3.63, 3.8) is 0 Å². The minimum absolute atomic E-state index is 0.0716. The molecule has 0 spiro atoms. The van der Waals surface area contributed by atoms with Crippen molar-refractivity contribution >= 4 is 40.9 Å². The van der Waals surface area contributed by atoms with Gasteiger partial charge in [-0.1, -0.05) is 13.3 Å². The average molecular weight is 431 g/mol. The Hall–Kier alpha value is -3.00. The van der Waals surface area contributed by atoms with Gasteiger partial charge in [-0.25, -0.2) is 0 Å². The summed E-state index contributed by atoms with van der Waals surface area (Å²) in [6, 6.07) is 14.3. The predicted octanol–water partition coefficient (Wildman–Crippen LogP) is 4.40. The molecule has 0 atom stereocenters. The highest BCUT2D eigenvalue weighted by molar-refractivity contribution is 8.00. The summed E-state index contributed by atoms with van der Waals surface area (Å²) < 4.78 is 5.60. The highest BCUT2D eigenvalue weighted by atomic mass is 32.2. The van der Waals surface area contributed by atoms with Crippen LogP contribution in [0.2, 0.25) is 0 Å². The molecular weight excluding hydrogens is 404 g/mol. The van der Waals surface area contributed by atoms with E-state index in [-0.39, 0.29) is 30.4 Å². The number of carboxylic acids is 1. The third-order valence-corrected chi connectivity index (χ3v) is 4.99. The highest BCUT2D eigenvalue weighted by Crippen LogP contribution is 2.21. The molecule has 0 saturated carbocycles. The van der Waals surface area contributed by atoms with E-state index in [1.165, 1.54) is 11.8 Å². The van der Waals surface area contributed by atoms with Gasteiger partial charge in [-0.3, -0.25) is 14.4 Å².